The van der Waals surface area contributed by atoms with Crippen LogP contribution >= 0.6 is 0 Å². The molecule has 1 heterocycles. The van der Waals surface area contributed by atoms with E-state index in [4.69, 9.17) is 5.11 Å². The van der Waals surface area contributed by atoms with Gasteiger partial charge in [0.05, 0.1) is 17.7 Å². The van der Waals surface area contributed by atoms with E-state index in [1.165, 1.54) is 37.3 Å². The number of amides is 1. The predicted octanol–water partition coefficient (Wildman–Crippen LogP) is 0.580. The van der Waals surface area contributed by atoms with Crippen LogP contribution < -0.4 is 0 Å². The first kappa shape index (κ1) is 13.0. The average Bonchev–Trinajstić information content (AvgIpc) is 2.28. The fourth-order valence-electron chi connectivity index (χ4n) is 1.34. The highest BCUT2D eigenvalue weighted by Crippen LogP contribution is 2.16. The minimum atomic E-state index is -0.969. The van der Waals surface area contributed by atoms with Crippen LogP contribution in [0.3, 0.4) is 0 Å². The van der Waals surface area contributed by atoms with Crippen molar-refractivity contribution in [2.75, 3.05) is 13.6 Å². The lowest BCUT2D eigenvalue weighted by Gasteiger charge is -2.19. The summed E-state index contributed by atoms with van der Waals surface area (Å²) in [5.74, 6) is -2.28. The van der Waals surface area contributed by atoms with Crippen LogP contribution in [-0.2, 0) is 4.79 Å². The Balaban J connectivity index is 2.77. The molecule has 6 nitrogen and oxygen atoms in total. The van der Waals surface area contributed by atoms with Crippen molar-refractivity contribution < 1.29 is 19.8 Å². The van der Waals surface area contributed by atoms with Gasteiger partial charge in [-0.2, -0.15) is 0 Å². The minimum Gasteiger partial charge on any atom is -0.505 e. The van der Waals surface area contributed by atoms with Crippen molar-refractivity contribution in [3.8, 4) is 5.75 Å². The summed E-state index contributed by atoms with van der Waals surface area (Å²) in [5, 5.41) is 18.2. The Labute approximate surface area is 98.5 Å². The van der Waals surface area contributed by atoms with E-state index in [2.05, 4.69) is 4.98 Å². The fraction of sp³-hybridized carbons (Fsp3) is 0.364. The maximum absolute atomic E-state index is 11.9. The number of hydrogen-bond acceptors (Lipinski definition) is 4. The Bertz CT molecular complexity index is 433. The summed E-state index contributed by atoms with van der Waals surface area (Å²) in [7, 11) is 1.49. The largest absolute Gasteiger partial charge is 0.505 e. The fourth-order valence-corrected chi connectivity index (χ4v) is 1.34. The molecule has 0 fully saturated rings. The molecule has 1 atom stereocenters. The predicted molar refractivity (Wildman–Crippen MR) is 59.7 cm³/mol. The third-order valence-electron chi connectivity index (χ3n) is 2.35. The summed E-state index contributed by atoms with van der Waals surface area (Å²) >= 11 is 0. The molecule has 17 heavy (non-hydrogen) atoms. The van der Waals surface area contributed by atoms with Gasteiger partial charge in [-0.05, 0) is 6.07 Å². The second-order valence-electron chi connectivity index (χ2n) is 3.82. The molecular formula is C11H14N2O4. The lowest BCUT2D eigenvalue weighted by Crippen LogP contribution is -2.33. The van der Waals surface area contributed by atoms with E-state index in [-0.39, 0.29) is 17.9 Å². The van der Waals surface area contributed by atoms with Gasteiger partial charge < -0.3 is 15.1 Å². The van der Waals surface area contributed by atoms with Crippen molar-refractivity contribution in [3.63, 3.8) is 0 Å². The standard InChI is InChI=1S/C11H14N2O4/c1-7(11(16)17)6-13(2)10(15)8-3-4-12-5-9(8)14/h3-5,7,14H,6H2,1-2H3,(H,16,17). The molecule has 1 unspecified atom stereocenters. The Morgan fingerprint density at radius 1 is 1.53 bits per heavy atom. The Morgan fingerprint density at radius 3 is 2.71 bits per heavy atom. The van der Waals surface area contributed by atoms with Crippen LogP contribution in [0.15, 0.2) is 18.5 Å². The van der Waals surface area contributed by atoms with Gasteiger partial charge in [-0.1, -0.05) is 6.92 Å². The van der Waals surface area contributed by atoms with E-state index in [1.54, 1.807) is 0 Å². The van der Waals surface area contributed by atoms with Crippen LogP contribution in [0.5, 0.6) is 5.75 Å². The molecule has 0 bridgehead atoms. The lowest BCUT2D eigenvalue weighted by atomic mass is 10.1. The molecule has 92 valence electrons. The monoisotopic (exact) mass is 238 g/mol. The maximum Gasteiger partial charge on any atom is 0.308 e. The van der Waals surface area contributed by atoms with Crippen LogP contribution in [0.2, 0.25) is 0 Å². The van der Waals surface area contributed by atoms with Gasteiger partial charge in [-0.3, -0.25) is 14.6 Å². The summed E-state index contributed by atoms with van der Waals surface area (Å²) < 4.78 is 0. The molecule has 0 saturated carbocycles. The number of rotatable bonds is 4. The number of aliphatic carboxylic acids is 1. The highest BCUT2D eigenvalue weighted by molar-refractivity contribution is 5.96. The summed E-state index contributed by atoms with van der Waals surface area (Å²) in [6, 6.07) is 1.39. The second-order valence-corrected chi connectivity index (χ2v) is 3.82. The second kappa shape index (κ2) is 5.29. The normalized spacial score (nSPS) is 11.9. The number of aromatic nitrogens is 1. The third kappa shape index (κ3) is 3.17. The van der Waals surface area contributed by atoms with Gasteiger partial charge in [-0.15, -0.1) is 0 Å². The molecule has 0 aliphatic carbocycles. The molecule has 1 aromatic rings. The zero-order valence-corrected chi connectivity index (χ0v) is 9.62. The van der Waals surface area contributed by atoms with Gasteiger partial charge in [-0.25, -0.2) is 0 Å². The molecule has 0 aliphatic rings. The zero-order valence-electron chi connectivity index (χ0n) is 9.62. The average molecular weight is 238 g/mol. The van der Waals surface area contributed by atoms with E-state index in [0.717, 1.165) is 0 Å². The highest BCUT2D eigenvalue weighted by atomic mass is 16.4. The van der Waals surface area contributed by atoms with Gasteiger partial charge in [0.2, 0.25) is 0 Å². The van der Waals surface area contributed by atoms with Crippen LogP contribution in [-0.4, -0.2) is 45.6 Å². The summed E-state index contributed by atoms with van der Waals surface area (Å²) in [4.78, 5) is 27.5. The quantitative estimate of drug-likeness (QED) is 0.800. The smallest absolute Gasteiger partial charge is 0.308 e. The molecular weight excluding hydrogens is 224 g/mol. The van der Waals surface area contributed by atoms with E-state index in [9.17, 15) is 14.7 Å². The van der Waals surface area contributed by atoms with Gasteiger partial charge in [0.25, 0.3) is 5.91 Å². The van der Waals surface area contributed by atoms with Crippen LogP contribution in [0.4, 0.5) is 0 Å². The number of hydrogen-bond donors (Lipinski definition) is 2. The molecule has 0 saturated heterocycles. The number of carboxylic acid groups (broad SMARTS) is 1. The number of pyridine rings is 1. The number of carboxylic acids is 1. The molecule has 0 spiro atoms. The Morgan fingerprint density at radius 2 is 2.18 bits per heavy atom. The van der Waals surface area contributed by atoms with Crippen molar-refractivity contribution in [2.45, 2.75) is 6.92 Å². The first-order valence-electron chi connectivity index (χ1n) is 5.04. The minimum absolute atomic E-state index is 0.0793. The molecule has 6 heteroatoms. The van der Waals surface area contributed by atoms with Gasteiger partial charge in [0.15, 0.2) is 0 Å². The summed E-state index contributed by atoms with van der Waals surface area (Å²) in [5.41, 5.74) is 0.111. The first-order chi connectivity index (χ1) is 7.93. The van der Waals surface area contributed by atoms with Crippen molar-refractivity contribution in [1.82, 2.24) is 9.88 Å². The molecule has 1 aromatic heterocycles. The lowest BCUT2D eigenvalue weighted by molar-refractivity contribution is -0.141. The maximum atomic E-state index is 11.9. The van der Waals surface area contributed by atoms with Crippen LogP contribution in [0.25, 0.3) is 0 Å². The topological polar surface area (TPSA) is 90.7 Å². The SMILES string of the molecule is CC(CN(C)C(=O)c1ccncc1O)C(=O)O. The van der Waals surface area contributed by atoms with E-state index in [0.29, 0.717) is 0 Å². The van der Waals surface area contributed by atoms with Crippen molar-refractivity contribution in [2.24, 2.45) is 5.92 Å². The molecule has 0 aromatic carbocycles. The number of carbonyl (C=O) groups is 2. The van der Waals surface area contributed by atoms with E-state index in [1.807, 2.05) is 0 Å². The molecule has 2 N–H and O–H groups in total. The molecule has 0 aliphatic heterocycles. The van der Waals surface area contributed by atoms with Crippen molar-refractivity contribution in [1.29, 1.82) is 0 Å². The van der Waals surface area contributed by atoms with Crippen LogP contribution in [0, 0.1) is 5.92 Å². The number of nitrogens with zero attached hydrogens (tertiary/aromatic N) is 2. The Kier molecular flexibility index (Phi) is 4.03. The molecule has 1 rings (SSSR count). The molecule has 1 amide bonds. The van der Waals surface area contributed by atoms with Gasteiger partial charge >= 0.3 is 5.97 Å². The van der Waals surface area contributed by atoms with Crippen LogP contribution in [0.1, 0.15) is 17.3 Å². The van der Waals surface area contributed by atoms with Gasteiger partial charge in [0, 0.05) is 19.8 Å². The van der Waals surface area contributed by atoms with Crippen molar-refractivity contribution >= 4 is 11.9 Å². The Hall–Kier alpha value is -2.11. The number of aromatic hydroxyl groups is 1. The summed E-state index contributed by atoms with van der Waals surface area (Å²) in [6.45, 7) is 1.59. The van der Waals surface area contributed by atoms with E-state index >= 15 is 0 Å². The van der Waals surface area contributed by atoms with Gasteiger partial charge in [0.1, 0.15) is 5.75 Å². The summed E-state index contributed by atoms with van der Waals surface area (Å²) in [6.07, 6.45) is 2.56. The van der Waals surface area contributed by atoms with Crippen molar-refractivity contribution in [3.05, 3.63) is 24.0 Å². The van der Waals surface area contributed by atoms with E-state index < -0.39 is 17.8 Å². The zero-order chi connectivity index (χ0) is 13.0. The number of carbonyl (C=O) groups excluding carboxylic acids is 1. The highest BCUT2D eigenvalue weighted by Gasteiger charge is 2.20. The molecule has 0 radical (unpaired) electrons. The third-order valence-corrected chi connectivity index (χ3v) is 2.35. The first-order valence-corrected chi connectivity index (χ1v) is 5.04.